The number of carbonyl (C=O) groups is 3. The summed E-state index contributed by atoms with van der Waals surface area (Å²) < 4.78 is 4.36. The molecule has 14 heavy (non-hydrogen) atoms. The highest BCUT2D eigenvalue weighted by Gasteiger charge is 2.34. The van der Waals surface area contributed by atoms with Crippen molar-refractivity contribution < 1.29 is 24.2 Å². The molecule has 1 saturated heterocycles. The smallest absolute Gasteiger partial charge is 0.416 e. The molecule has 0 saturated carbocycles. The minimum atomic E-state index is -0.994. The molecule has 0 bridgehead atoms. The number of rotatable bonds is 1. The first kappa shape index (κ1) is 10.5. The largest absolute Gasteiger partial charge is 0.481 e. The lowest BCUT2D eigenvalue weighted by Gasteiger charge is -2.27. The molecule has 0 spiro atoms. The summed E-state index contributed by atoms with van der Waals surface area (Å²) in [5.41, 5.74) is 0. The van der Waals surface area contributed by atoms with E-state index in [9.17, 15) is 14.4 Å². The zero-order valence-corrected chi connectivity index (χ0v) is 7.73. The Morgan fingerprint density at radius 3 is 2.71 bits per heavy atom. The van der Waals surface area contributed by atoms with E-state index >= 15 is 0 Å². The molecule has 1 N–H and O–H groups in total. The number of carboxylic acids is 1. The van der Waals surface area contributed by atoms with E-state index in [1.54, 1.807) is 0 Å². The summed E-state index contributed by atoms with van der Waals surface area (Å²) >= 11 is 0. The summed E-state index contributed by atoms with van der Waals surface area (Å²) in [7, 11) is 1.15. The lowest BCUT2D eigenvalue weighted by atomic mass is 9.98. The van der Waals surface area contributed by atoms with Crippen LogP contribution in [0.2, 0.25) is 0 Å². The van der Waals surface area contributed by atoms with Crippen LogP contribution in [-0.2, 0) is 14.3 Å². The standard InChI is InChI=1S/C8H11NO5/c1-14-8(13)9-4-5(7(11)12)2-3-6(9)10/h5H,2-4H2,1H3,(H,11,12). The van der Waals surface area contributed by atoms with Crippen LogP contribution in [0.3, 0.4) is 0 Å². The molecule has 0 aliphatic carbocycles. The minimum absolute atomic E-state index is 0.0755. The van der Waals surface area contributed by atoms with Gasteiger partial charge in [0.2, 0.25) is 5.91 Å². The van der Waals surface area contributed by atoms with Crippen LogP contribution < -0.4 is 0 Å². The van der Waals surface area contributed by atoms with Crippen molar-refractivity contribution >= 4 is 18.0 Å². The Balaban J connectivity index is 2.69. The van der Waals surface area contributed by atoms with Crippen molar-refractivity contribution in [3.63, 3.8) is 0 Å². The predicted molar refractivity (Wildman–Crippen MR) is 44.5 cm³/mol. The van der Waals surface area contributed by atoms with Crippen molar-refractivity contribution in [2.24, 2.45) is 5.92 Å². The maximum absolute atomic E-state index is 11.2. The number of methoxy groups -OCH3 is 1. The number of hydrogen-bond donors (Lipinski definition) is 1. The van der Waals surface area contributed by atoms with Crippen LogP contribution in [0.25, 0.3) is 0 Å². The summed E-state index contributed by atoms with van der Waals surface area (Å²) in [5.74, 6) is -2.05. The molecule has 0 aromatic heterocycles. The van der Waals surface area contributed by atoms with Gasteiger partial charge in [0.25, 0.3) is 0 Å². The number of likely N-dealkylation sites (tertiary alicyclic amines) is 1. The number of carbonyl (C=O) groups excluding carboxylic acids is 2. The number of amides is 2. The SMILES string of the molecule is COC(=O)N1CC(C(=O)O)CCC1=O. The van der Waals surface area contributed by atoms with E-state index in [2.05, 4.69) is 4.74 Å². The molecule has 1 rings (SSSR count). The third-order valence-corrected chi connectivity index (χ3v) is 2.15. The molecular weight excluding hydrogens is 190 g/mol. The van der Waals surface area contributed by atoms with Gasteiger partial charge in [0.05, 0.1) is 13.0 Å². The van der Waals surface area contributed by atoms with Gasteiger partial charge in [-0.15, -0.1) is 0 Å². The van der Waals surface area contributed by atoms with E-state index in [4.69, 9.17) is 5.11 Å². The van der Waals surface area contributed by atoms with Crippen molar-refractivity contribution in [2.75, 3.05) is 13.7 Å². The average Bonchev–Trinajstić information content (AvgIpc) is 2.17. The van der Waals surface area contributed by atoms with E-state index in [0.29, 0.717) is 0 Å². The van der Waals surface area contributed by atoms with Crippen LogP contribution in [0, 0.1) is 5.92 Å². The topological polar surface area (TPSA) is 83.9 Å². The van der Waals surface area contributed by atoms with Crippen LogP contribution in [0.15, 0.2) is 0 Å². The number of aliphatic carboxylic acids is 1. The molecule has 1 unspecified atom stereocenters. The van der Waals surface area contributed by atoms with Crippen LogP contribution in [0.1, 0.15) is 12.8 Å². The first-order valence-electron chi connectivity index (χ1n) is 4.17. The van der Waals surface area contributed by atoms with Crippen LogP contribution in [0.5, 0.6) is 0 Å². The van der Waals surface area contributed by atoms with Crippen LogP contribution >= 0.6 is 0 Å². The molecule has 0 aromatic rings. The molecule has 0 aromatic carbocycles. The molecule has 2 amide bonds. The number of ether oxygens (including phenoxy) is 1. The second-order valence-electron chi connectivity index (χ2n) is 3.05. The first-order valence-corrected chi connectivity index (χ1v) is 4.17. The fourth-order valence-corrected chi connectivity index (χ4v) is 1.33. The summed E-state index contributed by atoms with van der Waals surface area (Å²) in [6, 6.07) is 0. The molecule has 6 heteroatoms. The fraction of sp³-hybridized carbons (Fsp3) is 0.625. The van der Waals surface area contributed by atoms with Gasteiger partial charge in [0, 0.05) is 13.0 Å². The maximum Gasteiger partial charge on any atom is 0.416 e. The Kier molecular flexibility index (Phi) is 3.06. The van der Waals surface area contributed by atoms with E-state index in [-0.39, 0.29) is 25.3 Å². The number of carboxylic acid groups (broad SMARTS) is 1. The zero-order valence-electron chi connectivity index (χ0n) is 7.73. The van der Waals surface area contributed by atoms with Gasteiger partial charge in [0.1, 0.15) is 0 Å². The van der Waals surface area contributed by atoms with Crippen molar-refractivity contribution in [1.29, 1.82) is 0 Å². The molecule has 78 valence electrons. The molecule has 6 nitrogen and oxygen atoms in total. The molecule has 1 heterocycles. The number of piperidine rings is 1. The van der Waals surface area contributed by atoms with E-state index < -0.39 is 18.0 Å². The quantitative estimate of drug-likeness (QED) is 0.649. The van der Waals surface area contributed by atoms with Gasteiger partial charge < -0.3 is 9.84 Å². The summed E-state index contributed by atoms with van der Waals surface area (Å²) in [6.07, 6.45) is -0.436. The molecular formula is C8H11NO5. The predicted octanol–water partition coefficient (Wildman–Crippen LogP) is 0.0760. The number of imide groups is 1. The number of nitrogens with zero attached hydrogens (tertiary/aromatic N) is 1. The van der Waals surface area contributed by atoms with Crippen molar-refractivity contribution in [3.8, 4) is 0 Å². The second kappa shape index (κ2) is 4.08. The highest BCUT2D eigenvalue weighted by molar-refractivity contribution is 5.93. The van der Waals surface area contributed by atoms with Gasteiger partial charge in [0.15, 0.2) is 0 Å². The van der Waals surface area contributed by atoms with Crippen molar-refractivity contribution in [3.05, 3.63) is 0 Å². The van der Waals surface area contributed by atoms with Crippen LogP contribution in [-0.4, -0.2) is 41.6 Å². The van der Waals surface area contributed by atoms with Gasteiger partial charge in [-0.3, -0.25) is 9.59 Å². The highest BCUT2D eigenvalue weighted by atomic mass is 16.5. The van der Waals surface area contributed by atoms with Crippen LogP contribution in [0.4, 0.5) is 4.79 Å². The van der Waals surface area contributed by atoms with E-state index in [0.717, 1.165) is 12.0 Å². The second-order valence-corrected chi connectivity index (χ2v) is 3.05. The normalized spacial score (nSPS) is 21.9. The summed E-state index contributed by atoms with van der Waals surface area (Å²) in [4.78, 5) is 33.7. The molecule has 1 aliphatic heterocycles. The third kappa shape index (κ3) is 2.01. The number of hydrogen-bond acceptors (Lipinski definition) is 4. The summed E-state index contributed by atoms with van der Waals surface area (Å²) in [6.45, 7) is -0.0964. The van der Waals surface area contributed by atoms with Gasteiger partial charge in [-0.1, -0.05) is 0 Å². The first-order chi connectivity index (χ1) is 6.56. The van der Waals surface area contributed by atoms with E-state index in [1.165, 1.54) is 0 Å². The maximum atomic E-state index is 11.2. The summed E-state index contributed by atoms with van der Waals surface area (Å²) in [5, 5.41) is 8.71. The zero-order chi connectivity index (χ0) is 10.7. The van der Waals surface area contributed by atoms with Gasteiger partial charge >= 0.3 is 12.1 Å². The Morgan fingerprint density at radius 1 is 1.57 bits per heavy atom. The molecule has 0 radical (unpaired) electrons. The van der Waals surface area contributed by atoms with Gasteiger partial charge in [-0.2, -0.15) is 0 Å². The third-order valence-electron chi connectivity index (χ3n) is 2.15. The van der Waals surface area contributed by atoms with E-state index in [1.807, 2.05) is 0 Å². The fourth-order valence-electron chi connectivity index (χ4n) is 1.33. The Hall–Kier alpha value is -1.59. The minimum Gasteiger partial charge on any atom is -0.481 e. The lowest BCUT2D eigenvalue weighted by molar-refractivity contribution is -0.146. The Morgan fingerprint density at radius 2 is 2.21 bits per heavy atom. The molecule has 1 aliphatic rings. The highest BCUT2D eigenvalue weighted by Crippen LogP contribution is 2.18. The Labute approximate surface area is 80.4 Å². The monoisotopic (exact) mass is 201 g/mol. The van der Waals surface area contributed by atoms with Crippen molar-refractivity contribution in [1.82, 2.24) is 4.90 Å². The molecule has 1 atom stereocenters. The Bertz CT molecular complexity index is 267. The average molecular weight is 201 g/mol. The molecule has 1 fully saturated rings. The van der Waals surface area contributed by atoms with Gasteiger partial charge in [-0.05, 0) is 6.42 Å². The van der Waals surface area contributed by atoms with Crippen molar-refractivity contribution in [2.45, 2.75) is 12.8 Å². The lowest BCUT2D eigenvalue weighted by Crippen LogP contribution is -2.45. The van der Waals surface area contributed by atoms with Gasteiger partial charge in [-0.25, -0.2) is 9.69 Å².